The van der Waals surface area contributed by atoms with Crippen molar-refractivity contribution in [3.8, 4) is 0 Å². The predicted molar refractivity (Wildman–Crippen MR) is 120 cm³/mol. The third-order valence-corrected chi connectivity index (χ3v) is 7.46. The molecule has 1 fully saturated rings. The Hall–Kier alpha value is -2.18. The number of hydrogen-bond acceptors (Lipinski definition) is 5. The summed E-state index contributed by atoms with van der Waals surface area (Å²) in [6.45, 7) is 4.40. The molecule has 0 bridgehead atoms. The van der Waals surface area contributed by atoms with Gasteiger partial charge in [-0.05, 0) is 43.9 Å². The largest absolute Gasteiger partial charge is 0.340 e. The molecule has 152 valence electrons. The zero-order valence-electron chi connectivity index (χ0n) is 17.1. The summed E-state index contributed by atoms with van der Waals surface area (Å²) < 4.78 is 1.93. The number of likely N-dealkylation sites (N-methyl/N-ethyl adjacent to an activating group) is 1. The molecule has 0 amide bonds. The standard InChI is InChI=1S/C23H28N4OS/c1-25-12-14-26(15-13-25)23-24-21-20(18-10-6-3-7-11-19(18)29-21)22(28)27(23)16-17-8-4-2-5-9-17/h2,4-5,8-9H,3,6-7,10-16H2,1H3. The third-order valence-electron chi connectivity index (χ3n) is 6.27. The first kappa shape index (κ1) is 18.8. The van der Waals surface area contributed by atoms with Crippen LogP contribution < -0.4 is 10.5 Å². The van der Waals surface area contributed by atoms with Gasteiger partial charge in [0.15, 0.2) is 0 Å². The lowest BCUT2D eigenvalue weighted by molar-refractivity contribution is 0.309. The Balaban J connectivity index is 1.67. The van der Waals surface area contributed by atoms with Gasteiger partial charge in [-0.2, -0.15) is 0 Å². The van der Waals surface area contributed by atoms with Crippen molar-refractivity contribution in [3.63, 3.8) is 0 Å². The normalized spacial score (nSPS) is 18.0. The first-order valence-corrected chi connectivity index (χ1v) is 11.5. The van der Waals surface area contributed by atoms with E-state index in [-0.39, 0.29) is 5.56 Å². The Morgan fingerprint density at radius 2 is 1.76 bits per heavy atom. The lowest BCUT2D eigenvalue weighted by Gasteiger charge is -2.34. The van der Waals surface area contributed by atoms with E-state index in [0.717, 1.165) is 60.7 Å². The molecule has 29 heavy (non-hydrogen) atoms. The fourth-order valence-corrected chi connectivity index (χ4v) is 5.81. The van der Waals surface area contributed by atoms with E-state index >= 15 is 0 Å². The van der Waals surface area contributed by atoms with Crippen LogP contribution in [-0.4, -0.2) is 47.7 Å². The topological polar surface area (TPSA) is 41.4 Å². The molecule has 1 aliphatic carbocycles. The molecule has 1 saturated heterocycles. The smallest absolute Gasteiger partial charge is 0.264 e. The van der Waals surface area contributed by atoms with Crippen molar-refractivity contribution in [2.24, 2.45) is 0 Å². The maximum absolute atomic E-state index is 13.8. The first-order valence-electron chi connectivity index (χ1n) is 10.7. The molecule has 0 spiro atoms. The quantitative estimate of drug-likeness (QED) is 0.622. The number of fused-ring (bicyclic) bond motifs is 3. The molecular formula is C23H28N4OS. The van der Waals surface area contributed by atoms with Gasteiger partial charge in [0.25, 0.3) is 5.56 Å². The molecular weight excluding hydrogens is 380 g/mol. The molecule has 6 heteroatoms. The van der Waals surface area contributed by atoms with Crippen LogP contribution in [0, 0.1) is 0 Å². The number of benzene rings is 1. The van der Waals surface area contributed by atoms with Gasteiger partial charge in [-0.15, -0.1) is 11.3 Å². The number of aromatic nitrogens is 2. The van der Waals surface area contributed by atoms with Crippen molar-refractivity contribution in [1.82, 2.24) is 14.5 Å². The number of thiophene rings is 1. The highest BCUT2D eigenvalue weighted by molar-refractivity contribution is 7.18. The lowest BCUT2D eigenvalue weighted by Crippen LogP contribution is -2.46. The van der Waals surface area contributed by atoms with E-state index in [1.807, 2.05) is 22.8 Å². The van der Waals surface area contributed by atoms with Crippen molar-refractivity contribution in [3.05, 3.63) is 56.7 Å². The Labute approximate surface area is 175 Å². The van der Waals surface area contributed by atoms with Gasteiger partial charge in [0.1, 0.15) is 4.83 Å². The summed E-state index contributed by atoms with van der Waals surface area (Å²) in [7, 11) is 2.15. The maximum Gasteiger partial charge on any atom is 0.264 e. The van der Waals surface area contributed by atoms with Crippen LogP contribution in [0.25, 0.3) is 10.2 Å². The van der Waals surface area contributed by atoms with Crippen LogP contribution in [0.1, 0.15) is 35.3 Å². The van der Waals surface area contributed by atoms with Crippen LogP contribution in [0.2, 0.25) is 0 Å². The van der Waals surface area contributed by atoms with Gasteiger partial charge in [-0.1, -0.05) is 36.8 Å². The zero-order valence-corrected chi connectivity index (χ0v) is 17.9. The van der Waals surface area contributed by atoms with Gasteiger partial charge in [-0.25, -0.2) is 4.98 Å². The van der Waals surface area contributed by atoms with Gasteiger partial charge in [0.05, 0.1) is 11.9 Å². The van der Waals surface area contributed by atoms with Crippen molar-refractivity contribution in [2.45, 2.75) is 38.6 Å². The maximum atomic E-state index is 13.8. The summed E-state index contributed by atoms with van der Waals surface area (Å²) in [6.07, 6.45) is 5.78. The first-order chi connectivity index (χ1) is 14.2. The second kappa shape index (κ2) is 7.92. The highest BCUT2D eigenvalue weighted by atomic mass is 32.1. The Bertz CT molecular complexity index is 1060. The summed E-state index contributed by atoms with van der Waals surface area (Å²) in [5.41, 5.74) is 2.58. The van der Waals surface area contributed by atoms with Crippen LogP contribution in [0.4, 0.5) is 5.95 Å². The number of aryl methyl sites for hydroxylation is 2. The number of anilines is 1. The van der Waals surface area contributed by atoms with Gasteiger partial charge in [0, 0.05) is 31.1 Å². The molecule has 5 rings (SSSR count). The fraction of sp³-hybridized carbons (Fsp3) is 0.478. The predicted octanol–water partition coefficient (Wildman–Crippen LogP) is 3.53. The summed E-state index contributed by atoms with van der Waals surface area (Å²) in [5.74, 6) is 0.843. The van der Waals surface area contributed by atoms with Gasteiger partial charge < -0.3 is 9.80 Å². The summed E-state index contributed by atoms with van der Waals surface area (Å²) >= 11 is 1.76. The van der Waals surface area contributed by atoms with Gasteiger partial charge >= 0.3 is 0 Å². The average Bonchev–Trinajstić information content (AvgIpc) is 2.93. The van der Waals surface area contributed by atoms with Crippen LogP contribution in [0.15, 0.2) is 35.1 Å². The van der Waals surface area contributed by atoms with Gasteiger partial charge in [-0.3, -0.25) is 9.36 Å². The van der Waals surface area contributed by atoms with E-state index in [1.165, 1.54) is 29.7 Å². The molecule has 5 nitrogen and oxygen atoms in total. The minimum atomic E-state index is 0.146. The number of rotatable bonds is 3. The molecule has 0 saturated carbocycles. The number of nitrogens with zero attached hydrogens (tertiary/aromatic N) is 4. The monoisotopic (exact) mass is 408 g/mol. The van der Waals surface area contributed by atoms with Crippen LogP contribution in [-0.2, 0) is 19.4 Å². The molecule has 0 unspecified atom stereocenters. The zero-order chi connectivity index (χ0) is 19.8. The van der Waals surface area contributed by atoms with E-state index in [9.17, 15) is 4.79 Å². The molecule has 0 atom stereocenters. The van der Waals surface area contributed by atoms with Crippen molar-refractivity contribution < 1.29 is 0 Å². The summed E-state index contributed by atoms with van der Waals surface area (Å²) in [4.78, 5) is 25.9. The lowest BCUT2D eigenvalue weighted by atomic mass is 10.1. The van der Waals surface area contributed by atoms with Crippen molar-refractivity contribution in [1.29, 1.82) is 0 Å². The van der Waals surface area contributed by atoms with E-state index in [4.69, 9.17) is 4.98 Å². The van der Waals surface area contributed by atoms with E-state index in [0.29, 0.717) is 6.54 Å². The Morgan fingerprint density at radius 1 is 1.00 bits per heavy atom. The Kier molecular flexibility index (Phi) is 5.14. The average molecular weight is 409 g/mol. The highest BCUT2D eigenvalue weighted by Crippen LogP contribution is 2.34. The highest BCUT2D eigenvalue weighted by Gasteiger charge is 2.25. The number of hydrogen-bond donors (Lipinski definition) is 0. The Morgan fingerprint density at radius 3 is 2.55 bits per heavy atom. The summed E-state index contributed by atoms with van der Waals surface area (Å²) in [5, 5.41) is 0.890. The molecule has 0 N–H and O–H groups in total. The van der Waals surface area contributed by atoms with E-state index in [1.54, 1.807) is 11.3 Å². The minimum Gasteiger partial charge on any atom is -0.340 e. The van der Waals surface area contributed by atoms with Crippen LogP contribution in [0.3, 0.4) is 0 Å². The second-order valence-electron chi connectivity index (χ2n) is 8.32. The van der Waals surface area contributed by atoms with E-state index < -0.39 is 0 Å². The van der Waals surface area contributed by atoms with Crippen molar-refractivity contribution >= 4 is 27.5 Å². The second-order valence-corrected chi connectivity index (χ2v) is 9.41. The van der Waals surface area contributed by atoms with Crippen molar-refractivity contribution in [2.75, 3.05) is 38.1 Å². The molecule has 1 aliphatic heterocycles. The molecule has 2 aromatic heterocycles. The molecule has 3 aromatic rings. The molecule has 1 aromatic carbocycles. The summed E-state index contributed by atoms with van der Waals surface area (Å²) in [6, 6.07) is 10.3. The van der Waals surface area contributed by atoms with Crippen LogP contribution in [0.5, 0.6) is 0 Å². The molecule has 2 aliphatic rings. The number of piperazine rings is 1. The SMILES string of the molecule is CN1CCN(c2nc3sc4c(c3c(=O)n2Cc2ccccc2)CCCCC4)CC1. The van der Waals surface area contributed by atoms with Crippen LogP contribution >= 0.6 is 11.3 Å². The molecule has 3 heterocycles. The fourth-order valence-electron chi connectivity index (χ4n) is 4.56. The minimum absolute atomic E-state index is 0.146. The third kappa shape index (κ3) is 3.60. The molecule has 0 radical (unpaired) electrons. The van der Waals surface area contributed by atoms with Gasteiger partial charge in [0.2, 0.25) is 5.95 Å². The van der Waals surface area contributed by atoms with E-state index in [2.05, 4.69) is 29.0 Å².